The number of benzene rings is 1. The van der Waals surface area contributed by atoms with Crippen molar-refractivity contribution in [3.05, 3.63) is 29.3 Å². The van der Waals surface area contributed by atoms with E-state index >= 15 is 0 Å². The molecule has 2 rings (SSSR count). The molecule has 100 valence electrons. The fraction of sp³-hybridized carbons (Fsp3) is 0.182. The first kappa shape index (κ1) is 14.2. The minimum atomic E-state index is 0.120. The van der Waals surface area contributed by atoms with Gasteiger partial charge >= 0.3 is 0 Å². The minimum absolute atomic E-state index is 0.120. The summed E-state index contributed by atoms with van der Waals surface area (Å²) in [6.45, 7) is 1.92. The summed E-state index contributed by atoms with van der Waals surface area (Å²) >= 11 is 4.70. The molecule has 3 N–H and O–H groups in total. The van der Waals surface area contributed by atoms with Crippen molar-refractivity contribution < 1.29 is 5.21 Å². The van der Waals surface area contributed by atoms with Crippen LogP contribution in [0.3, 0.4) is 0 Å². The number of oxime groups is 1. The third-order valence-electron chi connectivity index (χ3n) is 2.35. The van der Waals surface area contributed by atoms with Gasteiger partial charge in [-0.25, -0.2) is 0 Å². The lowest BCUT2D eigenvalue weighted by atomic mass is 10.1. The number of hydrogen-bond donors (Lipinski definition) is 2. The molecular weight excluding hydrogens is 300 g/mol. The van der Waals surface area contributed by atoms with Crippen LogP contribution in [0.1, 0.15) is 11.1 Å². The SMILES string of the molecule is CSc1nnc(Sc2ccc(/C(N)=N/O)c(C)c2)s1. The Balaban J connectivity index is 2.20. The number of aromatic nitrogens is 2. The summed E-state index contributed by atoms with van der Waals surface area (Å²) in [7, 11) is 0. The monoisotopic (exact) mass is 312 g/mol. The number of hydrogen-bond acceptors (Lipinski definition) is 7. The number of nitrogens with two attached hydrogens (primary N) is 1. The number of thioether (sulfide) groups is 1. The maximum absolute atomic E-state index is 8.69. The second kappa shape index (κ2) is 6.27. The highest BCUT2D eigenvalue weighted by atomic mass is 32.2. The maximum atomic E-state index is 8.69. The van der Waals surface area contributed by atoms with Gasteiger partial charge in [0.05, 0.1) is 0 Å². The lowest BCUT2D eigenvalue weighted by Gasteiger charge is -2.05. The van der Waals surface area contributed by atoms with Gasteiger partial charge in [0.1, 0.15) is 0 Å². The first-order chi connectivity index (χ1) is 9.13. The third kappa shape index (κ3) is 3.40. The van der Waals surface area contributed by atoms with Crippen LogP contribution in [0.15, 0.2) is 36.9 Å². The van der Waals surface area contributed by atoms with Gasteiger partial charge < -0.3 is 10.9 Å². The molecule has 0 bridgehead atoms. The molecule has 0 saturated carbocycles. The van der Waals surface area contributed by atoms with E-state index in [-0.39, 0.29) is 5.84 Å². The van der Waals surface area contributed by atoms with Gasteiger partial charge in [-0.05, 0) is 36.9 Å². The summed E-state index contributed by atoms with van der Waals surface area (Å²) in [5.74, 6) is 0.120. The van der Waals surface area contributed by atoms with Gasteiger partial charge in [0.25, 0.3) is 0 Å². The first-order valence-electron chi connectivity index (χ1n) is 5.28. The molecule has 0 unspecified atom stereocenters. The summed E-state index contributed by atoms with van der Waals surface area (Å²) in [5, 5.41) is 19.9. The van der Waals surface area contributed by atoms with Gasteiger partial charge in [0.15, 0.2) is 14.5 Å². The predicted octanol–water partition coefficient (Wildman–Crippen LogP) is 2.81. The number of nitrogens with zero attached hydrogens (tertiary/aromatic N) is 3. The summed E-state index contributed by atoms with van der Waals surface area (Å²) in [6.07, 6.45) is 1.98. The normalized spacial score (nSPS) is 11.8. The van der Waals surface area contributed by atoms with Crippen molar-refractivity contribution in [2.24, 2.45) is 10.9 Å². The minimum Gasteiger partial charge on any atom is -0.409 e. The highest BCUT2D eigenvalue weighted by Crippen LogP contribution is 2.33. The third-order valence-corrected chi connectivity index (χ3v) is 5.29. The van der Waals surface area contributed by atoms with Gasteiger partial charge in [-0.3, -0.25) is 0 Å². The van der Waals surface area contributed by atoms with Gasteiger partial charge in [-0.2, -0.15) is 0 Å². The molecule has 19 heavy (non-hydrogen) atoms. The summed E-state index contributed by atoms with van der Waals surface area (Å²) in [4.78, 5) is 1.05. The highest BCUT2D eigenvalue weighted by Gasteiger charge is 2.08. The molecule has 0 fully saturated rings. The quantitative estimate of drug-likeness (QED) is 0.297. The molecule has 0 aliphatic carbocycles. The van der Waals surface area contributed by atoms with E-state index < -0.39 is 0 Å². The molecule has 0 aliphatic rings. The Morgan fingerprint density at radius 3 is 2.68 bits per heavy atom. The Kier molecular flexibility index (Phi) is 4.67. The van der Waals surface area contributed by atoms with Crippen molar-refractivity contribution in [2.75, 3.05) is 6.26 Å². The molecule has 2 aromatic rings. The second-order valence-electron chi connectivity index (χ2n) is 3.60. The zero-order chi connectivity index (χ0) is 13.8. The van der Waals surface area contributed by atoms with Gasteiger partial charge in [-0.15, -0.1) is 10.2 Å². The standard InChI is InChI=1S/C11H12N4OS3/c1-6-5-7(3-4-8(6)9(12)15-16)18-11-14-13-10(17-2)19-11/h3-5,16H,1-2H3,(H2,12,15). The largest absolute Gasteiger partial charge is 0.409 e. The number of aryl methyl sites for hydroxylation is 1. The zero-order valence-corrected chi connectivity index (χ0v) is 12.8. The molecule has 5 nitrogen and oxygen atoms in total. The van der Waals surface area contributed by atoms with Crippen LogP contribution in [0.2, 0.25) is 0 Å². The fourth-order valence-corrected chi connectivity index (χ4v) is 3.97. The molecule has 0 spiro atoms. The molecule has 1 heterocycles. The van der Waals surface area contributed by atoms with Crippen molar-refractivity contribution in [3.8, 4) is 0 Å². The van der Waals surface area contributed by atoms with Crippen LogP contribution in [-0.2, 0) is 0 Å². The Bertz CT molecular complexity index is 612. The lowest BCUT2D eigenvalue weighted by Crippen LogP contribution is -2.14. The Hall–Kier alpha value is -1.25. The van der Waals surface area contributed by atoms with E-state index in [0.29, 0.717) is 0 Å². The zero-order valence-electron chi connectivity index (χ0n) is 10.3. The van der Waals surface area contributed by atoms with Crippen molar-refractivity contribution >= 4 is 40.7 Å². The van der Waals surface area contributed by atoms with Crippen LogP contribution in [0.5, 0.6) is 0 Å². The molecule has 0 atom stereocenters. The van der Waals surface area contributed by atoms with Crippen LogP contribution in [-0.4, -0.2) is 27.5 Å². The highest BCUT2D eigenvalue weighted by molar-refractivity contribution is 8.03. The first-order valence-corrected chi connectivity index (χ1v) is 8.13. The van der Waals surface area contributed by atoms with Crippen molar-refractivity contribution in [2.45, 2.75) is 20.5 Å². The van der Waals surface area contributed by atoms with Crippen LogP contribution in [0.25, 0.3) is 0 Å². The van der Waals surface area contributed by atoms with Crippen LogP contribution in [0, 0.1) is 6.92 Å². The lowest BCUT2D eigenvalue weighted by molar-refractivity contribution is 0.318. The van der Waals surface area contributed by atoms with Gasteiger partial charge in [0, 0.05) is 10.5 Å². The van der Waals surface area contributed by atoms with E-state index in [1.54, 1.807) is 34.9 Å². The molecule has 1 aromatic carbocycles. The molecule has 0 saturated heterocycles. The molecule has 0 radical (unpaired) electrons. The molecule has 0 aliphatic heterocycles. The van der Waals surface area contributed by atoms with E-state index in [9.17, 15) is 0 Å². The second-order valence-corrected chi connectivity index (χ2v) is 6.95. The molecular formula is C11H12N4OS3. The van der Waals surface area contributed by atoms with Gasteiger partial charge in [-0.1, -0.05) is 40.0 Å². The Morgan fingerprint density at radius 2 is 2.11 bits per heavy atom. The average molecular weight is 312 g/mol. The van der Waals surface area contributed by atoms with Crippen LogP contribution in [0.4, 0.5) is 0 Å². The van der Waals surface area contributed by atoms with E-state index in [2.05, 4.69) is 15.4 Å². The van der Waals surface area contributed by atoms with Crippen molar-refractivity contribution in [1.82, 2.24) is 10.2 Å². The molecule has 1 aromatic heterocycles. The van der Waals surface area contributed by atoms with E-state index in [4.69, 9.17) is 10.9 Å². The molecule has 0 amide bonds. The number of rotatable bonds is 4. The average Bonchev–Trinajstić information content (AvgIpc) is 2.86. The maximum Gasteiger partial charge on any atom is 0.179 e. The Morgan fingerprint density at radius 1 is 1.37 bits per heavy atom. The van der Waals surface area contributed by atoms with Crippen molar-refractivity contribution in [3.63, 3.8) is 0 Å². The Labute approximate surface area is 123 Å². The van der Waals surface area contributed by atoms with E-state index in [1.165, 1.54) is 0 Å². The van der Waals surface area contributed by atoms with E-state index in [0.717, 1.165) is 24.7 Å². The van der Waals surface area contributed by atoms with Crippen molar-refractivity contribution in [1.29, 1.82) is 0 Å². The molecule has 8 heteroatoms. The predicted molar refractivity (Wildman–Crippen MR) is 79.5 cm³/mol. The number of amidine groups is 1. The topological polar surface area (TPSA) is 84.4 Å². The van der Waals surface area contributed by atoms with Gasteiger partial charge in [0.2, 0.25) is 0 Å². The van der Waals surface area contributed by atoms with Crippen LogP contribution < -0.4 is 5.73 Å². The fourth-order valence-electron chi connectivity index (χ4n) is 1.46. The summed E-state index contributed by atoms with van der Waals surface area (Å²) < 4.78 is 1.85. The van der Waals surface area contributed by atoms with Crippen LogP contribution >= 0.6 is 34.9 Å². The summed E-state index contributed by atoms with van der Waals surface area (Å²) in [6, 6.07) is 5.74. The van der Waals surface area contributed by atoms with E-state index in [1.807, 2.05) is 31.4 Å². The smallest absolute Gasteiger partial charge is 0.179 e. The summed E-state index contributed by atoms with van der Waals surface area (Å²) in [5.41, 5.74) is 7.27.